The van der Waals surface area contributed by atoms with E-state index in [0.717, 1.165) is 6.21 Å². The van der Waals surface area contributed by atoms with E-state index in [9.17, 15) is 21.6 Å². The van der Waals surface area contributed by atoms with Crippen molar-refractivity contribution < 1.29 is 21.6 Å². The topological polar surface area (TPSA) is 109 Å². The molecule has 1 aliphatic rings. The molecule has 1 aliphatic heterocycles. The maximum atomic E-state index is 11.9. The van der Waals surface area contributed by atoms with Crippen LogP contribution in [0.1, 0.15) is 6.92 Å². The minimum atomic E-state index is -4.49. The second-order valence-electron chi connectivity index (χ2n) is 3.44. The Morgan fingerprint density at radius 3 is 2.74 bits per heavy atom. The summed E-state index contributed by atoms with van der Waals surface area (Å²) in [7, 11) is -2.62. The number of hydrogen-bond donors (Lipinski definition) is 2. The third-order valence-electron chi connectivity index (χ3n) is 1.87. The highest BCUT2D eigenvalue weighted by atomic mass is 32.2. The molecule has 106 valence electrons. The summed E-state index contributed by atoms with van der Waals surface area (Å²) < 4.78 is 57.5. The molecule has 0 aromatic rings. The molecule has 0 fully saturated rings. The highest BCUT2D eigenvalue weighted by Gasteiger charge is 2.27. The summed E-state index contributed by atoms with van der Waals surface area (Å²) in [5, 5.41) is 2.27. The van der Waals surface area contributed by atoms with E-state index >= 15 is 0 Å². The molecule has 1 atom stereocenters. The maximum Gasteiger partial charge on any atom is 0.408 e. The molecule has 0 saturated heterocycles. The van der Waals surface area contributed by atoms with E-state index in [-0.39, 0.29) is 10.7 Å². The number of amidine groups is 1. The van der Waals surface area contributed by atoms with Crippen molar-refractivity contribution in [1.82, 2.24) is 5.32 Å². The van der Waals surface area contributed by atoms with Gasteiger partial charge in [-0.15, -0.1) is 0 Å². The molecule has 1 unspecified atom stereocenters. The van der Waals surface area contributed by atoms with Gasteiger partial charge in [-0.3, -0.25) is 0 Å². The number of hydrogen-bond acceptors (Lipinski definition) is 5. The van der Waals surface area contributed by atoms with Gasteiger partial charge < -0.3 is 11.1 Å². The molecule has 11 heteroatoms. The van der Waals surface area contributed by atoms with Crippen LogP contribution in [0.15, 0.2) is 15.0 Å². The smallest absolute Gasteiger partial charge is 0.370 e. The number of guanidine groups is 1. The van der Waals surface area contributed by atoms with E-state index < -0.39 is 35.1 Å². The molecule has 0 radical (unpaired) electrons. The minimum Gasteiger partial charge on any atom is -0.370 e. The molecule has 0 spiro atoms. The summed E-state index contributed by atoms with van der Waals surface area (Å²) in [4.78, 5) is 10.3. The van der Waals surface area contributed by atoms with Crippen LogP contribution >= 0.6 is 0 Å². The van der Waals surface area contributed by atoms with E-state index in [1.165, 1.54) is 6.92 Å². The van der Waals surface area contributed by atoms with Gasteiger partial charge in [0.2, 0.25) is 10.3 Å². The summed E-state index contributed by atoms with van der Waals surface area (Å²) in [5.41, 5.74) is 5.23. The highest BCUT2D eigenvalue weighted by molar-refractivity contribution is 7.74. The van der Waals surface area contributed by atoms with E-state index in [0.29, 0.717) is 0 Å². The van der Waals surface area contributed by atoms with Crippen molar-refractivity contribution in [3.63, 3.8) is 0 Å². The van der Waals surface area contributed by atoms with Crippen molar-refractivity contribution >= 4 is 33.2 Å². The number of rotatable bonds is 2. The predicted molar refractivity (Wildman–Crippen MR) is 65.0 cm³/mol. The van der Waals surface area contributed by atoms with Gasteiger partial charge in [-0.25, -0.2) is 15.0 Å². The molecular formula is C8H10F3N5O2S. The SMILES string of the molecule is CC1=NC(NC(N)=NCC(F)(F)F)C(=S(=O)=O)C=N1. The van der Waals surface area contributed by atoms with Gasteiger partial charge in [-0.1, -0.05) is 0 Å². The van der Waals surface area contributed by atoms with Gasteiger partial charge in [0, 0.05) is 0 Å². The average molecular weight is 297 g/mol. The molecule has 1 heterocycles. The molecule has 0 aromatic carbocycles. The van der Waals surface area contributed by atoms with Gasteiger partial charge in [0.05, 0.1) is 6.21 Å². The van der Waals surface area contributed by atoms with Crippen molar-refractivity contribution in [3.05, 3.63) is 0 Å². The van der Waals surface area contributed by atoms with Crippen molar-refractivity contribution in [1.29, 1.82) is 0 Å². The van der Waals surface area contributed by atoms with Crippen molar-refractivity contribution in [2.24, 2.45) is 20.7 Å². The highest BCUT2D eigenvalue weighted by Crippen LogP contribution is 2.14. The fourth-order valence-corrected chi connectivity index (χ4v) is 1.54. The Balaban J connectivity index is 2.86. The Morgan fingerprint density at radius 2 is 2.21 bits per heavy atom. The quantitative estimate of drug-likeness (QED) is 0.400. The lowest BCUT2D eigenvalue weighted by molar-refractivity contribution is -0.118. The minimum absolute atomic E-state index is 0.240. The molecular weight excluding hydrogens is 287 g/mol. The molecule has 0 amide bonds. The first-order chi connectivity index (χ1) is 8.69. The number of nitrogens with two attached hydrogens (primary N) is 1. The van der Waals surface area contributed by atoms with E-state index in [1.807, 2.05) is 0 Å². The van der Waals surface area contributed by atoms with Crippen LogP contribution in [0.5, 0.6) is 0 Å². The Morgan fingerprint density at radius 1 is 1.58 bits per heavy atom. The zero-order valence-corrected chi connectivity index (χ0v) is 10.5. The number of alkyl halides is 3. The van der Waals surface area contributed by atoms with Crippen LogP contribution in [0.4, 0.5) is 13.2 Å². The maximum absolute atomic E-state index is 11.9. The summed E-state index contributed by atoms with van der Waals surface area (Å²) >= 11 is 0. The zero-order chi connectivity index (χ0) is 14.6. The monoisotopic (exact) mass is 297 g/mol. The van der Waals surface area contributed by atoms with Crippen LogP contribution in [0.2, 0.25) is 0 Å². The van der Waals surface area contributed by atoms with Gasteiger partial charge >= 0.3 is 6.18 Å². The first-order valence-electron chi connectivity index (χ1n) is 4.87. The Bertz CT molecular complexity index is 568. The van der Waals surface area contributed by atoms with Gasteiger partial charge in [-0.05, 0) is 6.92 Å². The standard InChI is InChI=1S/C8H10F3N5O2S/c1-4-13-2-5(19(17)18)6(15-4)16-7(12)14-3-8(9,10)11/h2,6H,3H2,1H3,(H3,12,14,16). The van der Waals surface area contributed by atoms with Crippen LogP contribution in [0.3, 0.4) is 0 Å². The molecule has 0 aromatic heterocycles. The Hall–Kier alpha value is -1.91. The van der Waals surface area contributed by atoms with Gasteiger partial charge in [0.1, 0.15) is 17.2 Å². The second kappa shape index (κ2) is 5.82. The van der Waals surface area contributed by atoms with E-state index in [1.54, 1.807) is 0 Å². The van der Waals surface area contributed by atoms with E-state index in [4.69, 9.17) is 5.73 Å². The Kier molecular flexibility index (Phi) is 4.64. The fourth-order valence-electron chi connectivity index (χ4n) is 1.11. The van der Waals surface area contributed by atoms with Crippen molar-refractivity contribution in [2.75, 3.05) is 6.54 Å². The van der Waals surface area contributed by atoms with Crippen LogP contribution in [0, 0.1) is 0 Å². The average Bonchev–Trinajstić information content (AvgIpc) is 2.25. The van der Waals surface area contributed by atoms with Gasteiger partial charge in [0.15, 0.2) is 12.1 Å². The summed E-state index contributed by atoms with van der Waals surface area (Å²) in [5.74, 6) is -0.299. The van der Waals surface area contributed by atoms with Crippen LogP contribution < -0.4 is 11.1 Å². The van der Waals surface area contributed by atoms with E-state index in [2.05, 4.69) is 20.3 Å². The molecule has 0 aliphatic carbocycles. The third kappa shape index (κ3) is 5.07. The first-order valence-corrected chi connectivity index (χ1v) is 5.94. The fraction of sp³-hybridized carbons (Fsp3) is 0.500. The summed E-state index contributed by atoms with van der Waals surface area (Å²) in [6, 6.07) is 0. The predicted octanol–water partition coefficient (Wildman–Crippen LogP) is -0.667. The molecule has 3 N–H and O–H groups in total. The van der Waals surface area contributed by atoms with Gasteiger partial charge in [-0.2, -0.15) is 21.6 Å². The summed E-state index contributed by atoms with van der Waals surface area (Å²) in [6.45, 7) is 0.0316. The largest absolute Gasteiger partial charge is 0.408 e. The first kappa shape index (κ1) is 15.1. The lowest BCUT2D eigenvalue weighted by atomic mass is 10.3. The van der Waals surface area contributed by atoms with Crippen molar-refractivity contribution in [3.8, 4) is 0 Å². The lowest BCUT2D eigenvalue weighted by Crippen LogP contribution is -2.46. The van der Waals surface area contributed by atoms with Crippen molar-refractivity contribution in [2.45, 2.75) is 19.3 Å². The Labute approximate surface area is 107 Å². The molecule has 19 heavy (non-hydrogen) atoms. The summed E-state index contributed by atoms with van der Waals surface area (Å²) in [6.07, 6.45) is -4.58. The lowest BCUT2D eigenvalue weighted by Gasteiger charge is -2.16. The van der Waals surface area contributed by atoms with Gasteiger partial charge in [0.25, 0.3) is 0 Å². The van der Waals surface area contributed by atoms with Crippen LogP contribution in [0.25, 0.3) is 0 Å². The second-order valence-corrected chi connectivity index (χ2v) is 4.38. The molecule has 1 rings (SSSR count). The third-order valence-corrected chi connectivity index (χ3v) is 2.58. The molecule has 7 nitrogen and oxygen atoms in total. The molecule has 0 bridgehead atoms. The number of aliphatic imine (C=N–C) groups is 3. The number of halogens is 3. The van der Waals surface area contributed by atoms with Crippen LogP contribution in [-0.2, 0) is 10.3 Å². The normalized spacial score (nSPS) is 20.2. The molecule has 0 saturated carbocycles. The van der Waals surface area contributed by atoms with Crippen LogP contribution in [-0.4, -0.2) is 50.2 Å². The number of nitrogens with one attached hydrogen (secondary N) is 1. The number of nitrogens with zero attached hydrogens (tertiary/aromatic N) is 3. The zero-order valence-electron chi connectivity index (χ0n) is 9.64.